The quantitative estimate of drug-likeness (QED) is 0.758. The molecule has 0 bridgehead atoms. The summed E-state index contributed by atoms with van der Waals surface area (Å²) in [6.45, 7) is 5.79. The number of rotatable bonds is 4. The van der Waals surface area contributed by atoms with Crippen LogP contribution in [0.3, 0.4) is 0 Å². The first-order chi connectivity index (χ1) is 8.43. The molecule has 98 valence electrons. The van der Waals surface area contributed by atoms with Gasteiger partial charge in [-0.25, -0.2) is 4.79 Å². The maximum atomic E-state index is 11.9. The normalized spacial score (nSPS) is 11.7. The fraction of sp³-hybridized carbons (Fsp3) is 0.385. The molecule has 0 heterocycles. The lowest BCUT2D eigenvalue weighted by atomic mass is 10.1. The van der Waals surface area contributed by atoms with Crippen molar-refractivity contribution < 1.29 is 9.59 Å². The van der Waals surface area contributed by atoms with Gasteiger partial charge in [0, 0.05) is 5.69 Å². The van der Waals surface area contributed by atoms with Gasteiger partial charge in [-0.1, -0.05) is 13.0 Å². The molecule has 1 atom stereocenters. The van der Waals surface area contributed by atoms with Gasteiger partial charge in [0.15, 0.2) is 0 Å². The molecule has 0 saturated carbocycles. The SMILES string of the molecule is CC[C@@H](NC(N)=O)C(=O)Nc1ccc(C)c(C)c1. The summed E-state index contributed by atoms with van der Waals surface area (Å²) in [6.07, 6.45) is 0.486. The van der Waals surface area contributed by atoms with Gasteiger partial charge in [-0.05, 0) is 43.5 Å². The number of nitrogens with one attached hydrogen (secondary N) is 2. The molecule has 5 heteroatoms. The Hall–Kier alpha value is -2.04. The Morgan fingerprint density at radius 2 is 1.94 bits per heavy atom. The third kappa shape index (κ3) is 3.76. The Bertz CT molecular complexity index is 458. The average Bonchev–Trinajstić information content (AvgIpc) is 2.30. The van der Waals surface area contributed by atoms with E-state index in [0.717, 1.165) is 11.1 Å². The van der Waals surface area contributed by atoms with Gasteiger partial charge in [0.1, 0.15) is 6.04 Å². The van der Waals surface area contributed by atoms with Crippen LogP contribution < -0.4 is 16.4 Å². The second-order valence-corrected chi connectivity index (χ2v) is 4.26. The van der Waals surface area contributed by atoms with E-state index in [1.165, 1.54) is 0 Å². The van der Waals surface area contributed by atoms with Crippen molar-refractivity contribution >= 4 is 17.6 Å². The maximum Gasteiger partial charge on any atom is 0.312 e. The van der Waals surface area contributed by atoms with E-state index in [2.05, 4.69) is 10.6 Å². The van der Waals surface area contributed by atoms with Crippen molar-refractivity contribution in [3.8, 4) is 0 Å². The van der Waals surface area contributed by atoms with E-state index in [1.54, 1.807) is 6.92 Å². The van der Waals surface area contributed by atoms with Gasteiger partial charge >= 0.3 is 6.03 Å². The van der Waals surface area contributed by atoms with Crippen molar-refractivity contribution in [2.75, 3.05) is 5.32 Å². The number of anilines is 1. The standard InChI is InChI=1S/C13H19N3O2/c1-4-11(16-13(14)18)12(17)15-10-6-5-8(2)9(3)7-10/h5-7,11H,4H2,1-3H3,(H,15,17)(H3,14,16,18)/t11-/m1/s1. The van der Waals surface area contributed by atoms with Crippen molar-refractivity contribution in [3.05, 3.63) is 29.3 Å². The number of hydrogen-bond acceptors (Lipinski definition) is 2. The van der Waals surface area contributed by atoms with Crippen molar-refractivity contribution in [1.29, 1.82) is 0 Å². The monoisotopic (exact) mass is 249 g/mol. The highest BCUT2D eigenvalue weighted by Crippen LogP contribution is 2.14. The molecule has 0 aliphatic heterocycles. The number of primary amides is 1. The Morgan fingerprint density at radius 1 is 1.28 bits per heavy atom. The van der Waals surface area contributed by atoms with Crippen LogP contribution in [-0.2, 0) is 4.79 Å². The van der Waals surface area contributed by atoms with Crippen LogP contribution in [0.15, 0.2) is 18.2 Å². The van der Waals surface area contributed by atoms with Gasteiger partial charge < -0.3 is 16.4 Å². The highest BCUT2D eigenvalue weighted by molar-refractivity contribution is 5.96. The Balaban J connectivity index is 2.73. The summed E-state index contributed by atoms with van der Waals surface area (Å²) in [5, 5.41) is 5.16. The number of nitrogens with two attached hydrogens (primary N) is 1. The molecule has 0 aromatic heterocycles. The molecular formula is C13H19N3O2. The van der Waals surface area contributed by atoms with Crippen LogP contribution in [0.1, 0.15) is 24.5 Å². The van der Waals surface area contributed by atoms with E-state index < -0.39 is 12.1 Å². The number of urea groups is 1. The Kier molecular flexibility index (Phi) is 4.71. The number of benzene rings is 1. The summed E-state index contributed by atoms with van der Waals surface area (Å²) in [4.78, 5) is 22.6. The minimum atomic E-state index is -0.697. The Morgan fingerprint density at radius 3 is 2.44 bits per heavy atom. The van der Waals surface area contributed by atoms with Crippen molar-refractivity contribution in [2.24, 2.45) is 5.73 Å². The second-order valence-electron chi connectivity index (χ2n) is 4.26. The van der Waals surface area contributed by atoms with E-state index in [0.29, 0.717) is 12.1 Å². The highest BCUT2D eigenvalue weighted by Gasteiger charge is 2.17. The largest absolute Gasteiger partial charge is 0.352 e. The topological polar surface area (TPSA) is 84.2 Å². The van der Waals surface area contributed by atoms with Crippen LogP contribution >= 0.6 is 0 Å². The molecule has 5 nitrogen and oxygen atoms in total. The number of carbonyl (C=O) groups excluding carboxylic acids is 2. The summed E-state index contributed by atoms with van der Waals surface area (Å²) in [6, 6.07) is 4.36. The molecule has 1 aromatic carbocycles. The third-order valence-electron chi connectivity index (χ3n) is 2.82. The first kappa shape index (κ1) is 14.0. The summed E-state index contributed by atoms with van der Waals surface area (Å²) in [5.41, 5.74) is 7.99. The second kappa shape index (κ2) is 6.05. The van der Waals surface area contributed by atoms with E-state index in [4.69, 9.17) is 5.73 Å². The lowest BCUT2D eigenvalue weighted by Crippen LogP contribution is -2.45. The zero-order valence-electron chi connectivity index (χ0n) is 10.9. The molecule has 0 aliphatic rings. The minimum Gasteiger partial charge on any atom is -0.352 e. The predicted molar refractivity (Wildman–Crippen MR) is 71.3 cm³/mol. The van der Waals surface area contributed by atoms with Gasteiger partial charge in [0.25, 0.3) is 0 Å². The molecule has 0 saturated heterocycles. The van der Waals surface area contributed by atoms with Crippen molar-refractivity contribution in [3.63, 3.8) is 0 Å². The van der Waals surface area contributed by atoms with E-state index in [-0.39, 0.29) is 5.91 Å². The third-order valence-corrected chi connectivity index (χ3v) is 2.82. The van der Waals surface area contributed by atoms with E-state index >= 15 is 0 Å². The molecule has 0 aliphatic carbocycles. The number of amides is 3. The molecule has 18 heavy (non-hydrogen) atoms. The summed E-state index contributed by atoms with van der Waals surface area (Å²) < 4.78 is 0. The smallest absolute Gasteiger partial charge is 0.312 e. The van der Waals surface area contributed by atoms with Crippen LogP contribution in [0.4, 0.5) is 10.5 Å². The van der Waals surface area contributed by atoms with Gasteiger partial charge in [0.2, 0.25) is 5.91 Å². The molecule has 0 radical (unpaired) electrons. The van der Waals surface area contributed by atoms with Crippen molar-refractivity contribution in [2.45, 2.75) is 33.2 Å². The summed E-state index contributed by atoms with van der Waals surface area (Å²) in [5.74, 6) is -0.264. The molecule has 0 unspecified atom stereocenters. The predicted octanol–water partition coefficient (Wildman–Crippen LogP) is 1.69. The van der Waals surface area contributed by atoms with Crippen LogP contribution in [0.25, 0.3) is 0 Å². The zero-order chi connectivity index (χ0) is 13.7. The van der Waals surface area contributed by atoms with E-state index in [9.17, 15) is 9.59 Å². The van der Waals surface area contributed by atoms with Gasteiger partial charge in [0.05, 0.1) is 0 Å². The van der Waals surface area contributed by atoms with Crippen LogP contribution in [-0.4, -0.2) is 18.0 Å². The molecule has 0 fully saturated rings. The number of aryl methyl sites for hydroxylation is 2. The van der Waals surface area contributed by atoms with E-state index in [1.807, 2.05) is 32.0 Å². The van der Waals surface area contributed by atoms with Gasteiger partial charge in [-0.15, -0.1) is 0 Å². The average molecular weight is 249 g/mol. The van der Waals surface area contributed by atoms with Crippen LogP contribution in [0.2, 0.25) is 0 Å². The molecule has 1 aromatic rings. The lowest BCUT2D eigenvalue weighted by Gasteiger charge is -2.15. The molecule has 4 N–H and O–H groups in total. The molecular weight excluding hydrogens is 230 g/mol. The highest BCUT2D eigenvalue weighted by atomic mass is 16.2. The maximum absolute atomic E-state index is 11.9. The lowest BCUT2D eigenvalue weighted by molar-refractivity contribution is -0.118. The molecule has 3 amide bonds. The first-order valence-corrected chi connectivity index (χ1v) is 5.88. The number of hydrogen-bond donors (Lipinski definition) is 3. The minimum absolute atomic E-state index is 0.264. The van der Waals surface area contributed by atoms with Gasteiger partial charge in [-0.2, -0.15) is 0 Å². The van der Waals surface area contributed by atoms with Crippen LogP contribution in [0.5, 0.6) is 0 Å². The summed E-state index contributed by atoms with van der Waals surface area (Å²) >= 11 is 0. The fourth-order valence-corrected chi connectivity index (χ4v) is 1.57. The number of carbonyl (C=O) groups is 2. The Labute approximate surface area is 107 Å². The van der Waals surface area contributed by atoms with Crippen LogP contribution in [0, 0.1) is 13.8 Å². The molecule has 1 rings (SSSR count). The fourth-order valence-electron chi connectivity index (χ4n) is 1.57. The first-order valence-electron chi connectivity index (χ1n) is 5.88. The van der Waals surface area contributed by atoms with Crippen molar-refractivity contribution in [1.82, 2.24) is 5.32 Å². The summed E-state index contributed by atoms with van der Waals surface area (Å²) in [7, 11) is 0. The van der Waals surface area contributed by atoms with Gasteiger partial charge in [-0.3, -0.25) is 4.79 Å². The zero-order valence-corrected chi connectivity index (χ0v) is 10.9. The molecule has 0 spiro atoms.